The summed E-state index contributed by atoms with van der Waals surface area (Å²) < 4.78 is 0. The highest BCUT2D eigenvalue weighted by molar-refractivity contribution is 5.43. The Bertz CT molecular complexity index is 366. The molecule has 0 fully saturated rings. The summed E-state index contributed by atoms with van der Waals surface area (Å²) in [5, 5.41) is 18.4. The van der Waals surface area contributed by atoms with Crippen LogP contribution in [0.25, 0.3) is 0 Å². The van der Waals surface area contributed by atoms with Gasteiger partial charge in [0.15, 0.2) is 0 Å². The quantitative estimate of drug-likeness (QED) is 0.816. The van der Waals surface area contributed by atoms with Gasteiger partial charge >= 0.3 is 0 Å². The van der Waals surface area contributed by atoms with E-state index in [1.807, 2.05) is 31.0 Å². The molecule has 1 heterocycles. The maximum absolute atomic E-state index is 9.25. The molecule has 0 amide bonds. The van der Waals surface area contributed by atoms with Gasteiger partial charge in [-0.05, 0) is 30.5 Å². The molecule has 1 atom stereocenters. The zero-order valence-corrected chi connectivity index (χ0v) is 11.0. The molecule has 0 saturated heterocycles. The molecule has 0 aliphatic carbocycles. The lowest BCUT2D eigenvalue weighted by Crippen LogP contribution is -2.32. The number of nitrogens with zero attached hydrogens (tertiary/aromatic N) is 2. The van der Waals surface area contributed by atoms with Gasteiger partial charge in [0.25, 0.3) is 0 Å². The second-order valence-corrected chi connectivity index (χ2v) is 4.71. The minimum absolute atomic E-state index is 0.0105. The van der Waals surface area contributed by atoms with Gasteiger partial charge in [-0.15, -0.1) is 0 Å². The van der Waals surface area contributed by atoms with Gasteiger partial charge in [-0.25, -0.2) is 4.98 Å². The van der Waals surface area contributed by atoms with Crippen LogP contribution in [0.4, 0.5) is 5.82 Å². The third kappa shape index (κ3) is 3.41. The van der Waals surface area contributed by atoms with E-state index in [1.54, 1.807) is 0 Å². The van der Waals surface area contributed by atoms with E-state index in [-0.39, 0.29) is 19.3 Å². The number of rotatable bonds is 5. The highest BCUT2D eigenvalue weighted by atomic mass is 16.3. The van der Waals surface area contributed by atoms with Crippen molar-refractivity contribution in [2.24, 2.45) is 0 Å². The summed E-state index contributed by atoms with van der Waals surface area (Å²) in [4.78, 5) is 6.48. The van der Waals surface area contributed by atoms with E-state index < -0.39 is 0 Å². The highest BCUT2D eigenvalue weighted by Gasteiger charge is 2.13. The highest BCUT2D eigenvalue weighted by Crippen LogP contribution is 2.20. The summed E-state index contributed by atoms with van der Waals surface area (Å²) in [7, 11) is 1.90. The maximum atomic E-state index is 9.25. The first-order valence-electron chi connectivity index (χ1n) is 5.95. The molecule has 0 radical (unpaired) electrons. The summed E-state index contributed by atoms with van der Waals surface area (Å²) >= 11 is 0. The number of anilines is 1. The van der Waals surface area contributed by atoms with Crippen LogP contribution in [0.15, 0.2) is 12.1 Å². The van der Waals surface area contributed by atoms with Gasteiger partial charge < -0.3 is 15.1 Å². The van der Waals surface area contributed by atoms with E-state index in [0.717, 1.165) is 17.1 Å². The van der Waals surface area contributed by atoms with Crippen LogP contribution in [0.2, 0.25) is 0 Å². The van der Waals surface area contributed by atoms with Crippen molar-refractivity contribution in [2.75, 3.05) is 18.6 Å². The average molecular weight is 238 g/mol. The Hall–Kier alpha value is -1.13. The molecule has 0 aromatic carbocycles. The van der Waals surface area contributed by atoms with Crippen LogP contribution in [0, 0.1) is 0 Å². The SMILES string of the molecule is CC(C)c1cc(CO)cc(N(C)C(C)CO)n1. The van der Waals surface area contributed by atoms with E-state index in [0.29, 0.717) is 5.92 Å². The molecule has 0 aliphatic heterocycles. The molecule has 1 aromatic rings. The largest absolute Gasteiger partial charge is 0.394 e. The number of aliphatic hydroxyl groups is 2. The van der Waals surface area contributed by atoms with Gasteiger partial charge in [-0.3, -0.25) is 0 Å². The minimum atomic E-state index is 0.0105. The van der Waals surface area contributed by atoms with Gasteiger partial charge in [0.1, 0.15) is 5.82 Å². The van der Waals surface area contributed by atoms with Crippen LogP contribution < -0.4 is 4.90 Å². The molecule has 2 N–H and O–H groups in total. The number of aromatic nitrogens is 1. The summed E-state index contributed by atoms with van der Waals surface area (Å²) in [5.74, 6) is 1.11. The lowest BCUT2D eigenvalue weighted by molar-refractivity contribution is 0.269. The zero-order valence-electron chi connectivity index (χ0n) is 11.0. The number of aliphatic hydroxyl groups excluding tert-OH is 2. The van der Waals surface area contributed by atoms with Crippen molar-refractivity contribution in [1.29, 1.82) is 0 Å². The number of pyridine rings is 1. The Morgan fingerprint density at radius 3 is 2.35 bits per heavy atom. The van der Waals surface area contributed by atoms with E-state index >= 15 is 0 Å². The van der Waals surface area contributed by atoms with Crippen molar-refractivity contribution in [1.82, 2.24) is 4.98 Å². The van der Waals surface area contributed by atoms with Crippen LogP contribution in [0.1, 0.15) is 37.9 Å². The fourth-order valence-electron chi connectivity index (χ4n) is 1.51. The first-order valence-corrected chi connectivity index (χ1v) is 5.95. The Balaban J connectivity index is 3.10. The molecule has 4 nitrogen and oxygen atoms in total. The smallest absolute Gasteiger partial charge is 0.129 e. The molecule has 1 unspecified atom stereocenters. The maximum Gasteiger partial charge on any atom is 0.129 e. The van der Waals surface area contributed by atoms with E-state index in [9.17, 15) is 5.11 Å². The van der Waals surface area contributed by atoms with Crippen molar-refractivity contribution in [3.05, 3.63) is 23.4 Å². The first kappa shape index (κ1) is 13.9. The lowest BCUT2D eigenvalue weighted by Gasteiger charge is -2.25. The molecule has 0 bridgehead atoms. The van der Waals surface area contributed by atoms with Crippen molar-refractivity contribution >= 4 is 5.82 Å². The Morgan fingerprint density at radius 2 is 1.88 bits per heavy atom. The van der Waals surface area contributed by atoms with Crippen LogP contribution in [0.5, 0.6) is 0 Å². The summed E-state index contributed by atoms with van der Waals surface area (Å²) in [6, 6.07) is 3.79. The molecular weight excluding hydrogens is 216 g/mol. The van der Waals surface area contributed by atoms with Gasteiger partial charge in [0, 0.05) is 12.7 Å². The first-order chi connectivity index (χ1) is 7.99. The van der Waals surface area contributed by atoms with Gasteiger partial charge in [-0.2, -0.15) is 0 Å². The molecular formula is C13H22N2O2. The molecule has 1 aromatic heterocycles. The van der Waals surface area contributed by atoms with E-state index in [1.165, 1.54) is 0 Å². The second-order valence-electron chi connectivity index (χ2n) is 4.71. The van der Waals surface area contributed by atoms with Crippen LogP contribution in [0.3, 0.4) is 0 Å². The molecule has 4 heteroatoms. The lowest BCUT2D eigenvalue weighted by atomic mass is 10.1. The third-order valence-electron chi connectivity index (χ3n) is 2.95. The predicted molar refractivity (Wildman–Crippen MR) is 69.2 cm³/mol. The Labute approximate surface area is 103 Å². The molecule has 17 heavy (non-hydrogen) atoms. The average Bonchev–Trinajstić information content (AvgIpc) is 2.36. The van der Waals surface area contributed by atoms with Crippen LogP contribution in [-0.2, 0) is 6.61 Å². The van der Waals surface area contributed by atoms with Gasteiger partial charge in [0.05, 0.1) is 19.3 Å². The summed E-state index contributed by atoms with van der Waals surface area (Å²) in [5.41, 5.74) is 1.82. The van der Waals surface area contributed by atoms with E-state index in [2.05, 4.69) is 18.8 Å². The minimum Gasteiger partial charge on any atom is -0.394 e. The Morgan fingerprint density at radius 1 is 1.24 bits per heavy atom. The standard InChI is InChI=1S/C13H22N2O2/c1-9(2)12-5-11(8-17)6-13(14-12)15(4)10(3)7-16/h5-6,9-10,16-17H,7-8H2,1-4H3. The molecule has 96 valence electrons. The fourth-order valence-corrected chi connectivity index (χ4v) is 1.51. The topological polar surface area (TPSA) is 56.6 Å². The van der Waals surface area contributed by atoms with Crippen molar-refractivity contribution < 1.29 is 10.2 Å². The Kier molecular flexibility index (Phi) is 4.90. The number of hydrogen-bond donors (Lipinski definition) is 2. The van der Waals surface area contributed by atoms with E-state index in [4.69, 9.17) is 5.11 Å². The number of hydrogen-bond acceptors (Lipinski definition) is 4. The zero-order chi connectivity index (χ0) is 13.0. The van der Waals surface area contributed by atoms with Crippen molar-refractivity contribution in [3.8, 4) is 0 Å². The van der Waals surface area contributed by atoms with Crippen molar-refractivity contribution in [3.63, 3.8) is 0 Å². The molecule has 0 saturated carbocycles. The summed E-state index contributed by atoms with van der Waals surface area (Å²) in [6.45, 7) is 6.17. The van der Waals surface area contributed by atoms with Crippen LogP contribution in [-0.4, -0.2) is 34.9 Å². The molecule has 0 aliphatic rings. The van der Waals surface area contributed by atoms with Crippen LogP contribution >= 0.6 is 0 Å². The second kappa shape index (κ2) is 5.98. The molecule has 1 rings (SSSR count). The monoisotopic (exact) mass is 238 g/mol. The normalized spacial score (nSPS) is 12.9. The fraction of sp³-hybridized carbons (Fsp3) is 0.615. The molecule has 0 spiro atoms. The predicted octanol–water partition coefficient (Wildman–Crippen LogP) is 1.51. The van der Waals surface area contributed by atoms with Crippen molar-refractivity contribution in [2.45, 2.75) is 39.3 Å². The number of likely N-dealkylation sites (N-methyl/N-ethyl adjacent to an activating group) is 1. The third-order valence-corrected chi connectivity index (χ3v) is 2.95. The summed E-state index contributed by atoms with van der Waals surface area (Å²) in [6.07, 6.45) is 0. The van der Waals surface area contributed by atoms with Gasteiger partial charge in [0.2, 0.25) is 0 Å². The van der Waals surface area contributed by atoms with Gasteiger partial charge in [-0.1, -0.05) is 13.8 Å².